The van der Waals surface area contributed by atoms with Crippen LogP contribution in [0.5, 0.6) is 0 Å². The van der Waals surface area contributed by atoms with Crippen molar-refractivity contribution in [3.63, 3.8) is 0 Å². The van der Waals surface area contributed by atoms with E-state index < -0.39 is 17.9 Å². The maximum Gasteiger partial charge on any atom is 0.305 e. The molecule has 0 aliphatic carbocycles. The van der Waals surface area contributed by atoms with Crippen molar-refractivity contribution >= 4 is 35.5 Å². The number of nitrogens with zero attached hydrogens (tertiary/aromatic N) is 3. The van der Waals surface area contributed by atoms with Gasteiger partial charge in [-0.25, -0.2) is 0 Å². The Morgan fingerprint density at radius 1 is 1.06 bits per heavy atom. The van der Waals surface area contributed by atoms with E-state index in [0.717, 1.165) is 42.4 Å². The molecule has 11 nitrogen and oxygen atoms in total. The summed E-state index contributed by atoms with van der Waals surface area (Å²) in [6.45, 7) is 5.57. The molecule has 3 aliphatic heterocycles. The van der Waals surface area contributed by atoms with Gasteiger partial charge in [-0.2, -0.15) is 0 Å². The SMILES string of the molecule is O=C(O)CCOCN1CCN(COCCSc2cccc3c2CN(C2CCC(=O)NC2=O)C3=O)CC1. The van der Waals surface area contributed by atoms with E-state index in [9.17, 15) is 19.2 Å². The van der Waals surface area contributed by atoms with Crippen molar-refractivity contribution in [1.29, 1.82) is 0 Å². The van der Waals surface area contributed by atoms with Gasteiger partial charge in [0, 0.05) is 55.4 Å². The highest BCUT2D eigenvalue weighted by Crippen LogP contribution is 2.34. The Morgan fingerprint density at radius 2 is 1.75 bits per heavy atom. The summed E-state index contributed by atoms with van der Waals surface area (Å²) in [5.74, 6) is -0.971. The van der Waals surface area contributed by atoms with Gasteiger partial charge < -0.3 is 19.5 Å². The first-order chi connectivity index (χ1) is 17.4. The van der Waals surface area contributed by atoms with Crippen molar-refractivity contribution in [3.8, 4) is 0 Å². The molecule has 4 rings (SSSR count). The van der Waals surface area contributed by atoms with Crippen LogP contribution in [0.25, 0.3) is 0 Å². The molecule has 0 spiro atoms. The molecule has 36 heavy (non-hydrogen) atoms. The van der Waals surface area contributed by atoms with Crippen molar-refractivity contribution in [2.24, 2.45) is 0 Å². The van der Waals surface area contributed by atoms with Crippen LogP contribution in [0.3, 0.4) is 0 Å². The van der Waals surface area contributed by atoms with Crippen LogP contribution >= 0.6 is 11.8 Å². The normalized spacial score (nSPS) is 21.1. The Balaban J connectivity index is 1.16. The monoisotopic (exact) mass is 520 g/mol. The van der Waals surface area contributed by atoms with Crippen molar-refractivity contribution in [2.75, 3.05) is 58.6 Å². The lowest BCUT2D eigenvalue weighted by Crippen LogP contribution is -2.52. The van der Waals surface area contributed by atoms with Crippen LogP contribution < -0.4 is 5.32 Å². The predicted octanol–water partition coefficient (Wildman–Crippen LogP) is 0.580. The number of carboxylic acids is 1. The molecule has 2 N–H and O–H groups in total. The van der Waals surface area contributed by atoms with E-state index in [2.05, 4.69) is 15.1 Å². The second kappa shape index (κ2) is 12.6. The second-order valence-corrected chi connectivity index (χ2v) is 10.1. The summed E-state index contributed by atoms with van der Waals surface area (Å²) in [4.78, 5) is 54.2. The number of nitrogens with one attached hydrogen (secondary N) is 1. The van der Waals surface area contributed by atoms with E-state index in [0.29, 0.717) is 38.6 Å². The number of imide groups is 1. The third-order valence-electron chi connectivity index (χ3n) is 6.50. The highest BCUT2D eigenvalue weighted by molar-refractivity contribution is 7.99. The smallest absolute Gasteiger partial charge is 0.305 e. The molecule has 0 aromatic heterocycles. The molecule has 196 valence electrons. The highest BCUT2D eigenvalue weighted by atomic mass is 32.2. The fourth-order valence-corrected chi connectivity index (χ4v) is 5.44. The number of piperidine rings is 1. The van der Waals surface area contributed by atoms with Crippen molar-refractivity contribution in [1.82, 2.24) is 20.0 Å². The van der Waals surface area contributed by atoms with Crippen molar-refractivity contribution in [3.05, 3.63) is 29.3 Å². The number of carboxylic acid groups (broad SMARTS) is 1. The summed E-state index contributed by atoms with van der Waals surface area (Å²) >= 11 is 1.63. The van der Waals surface area contributed by atoms with Crippen LogP contribution in [0.4, 0.5) is 0 Å². The van der Waals surface area contributed by atoms with E-state index in [-0.39, 0.29) is 31.3 Å². The standard InChI is InChI=1S/C24H32N4O7S/c29-21-5-4-19(23(32)25-21)28-14-18-17(24(28)33)2-1-3-20(18)36-13-12-35-16-27-9-7-26(8-10-27)15-34-11-6-22(30)31/h1-3,19H,4-16H2,(H,30,31)(H,25,29,32). The second-order valence-electron chi connectivity index (χ2n) is 8.99. The van der Waals surface area contributed by atoms with Gasteiger partial charge in [-0.15, -0.1) is 11.8 Å². The van der Waals surface area contributed by atoms with Gasteiger partial charge in [0.1, 0.15) is 6.04 Å². The topological polar surface area (TPSA) is 129 Å². The fourth-order valence-electron chi connectivity index (χ4n) is 4.50. The van der Waals surface area contributed by atoms with Gasteiger partial charge in [0.2, 0.25) is 11.8 Å². The molecule has 3 aliphatic rings. The van der Waals surface area contributed by atoms with Crippen molar-refractivity contribution < 1.29 is 33.8 Å². The number of rotatable bonds is 12. The molecule has 12 heteroatoms. The molecule has 3 amide bonds. The van der Waals surface area contributed by atoms with Crippen LogP contribution in [-0.2, 0) is 30.4 Å². The average molecular weight is 521 g/mol. The largest absolute Gasteiger partial charge is 0.481 e. The number of ether oxygens (including phenoxy) is 2. The first-order valence-corrected chi connectivity index (χ1v) is 13.1. The van der Waals surface area contributed by atoms with Gasteiger partial charge in [0.25, 0.3) is 5.91 Å². The number of hydrogen-bond donors (Lipinski definition) is 2. The molecule has 3 heterocycles. The minimum Gasteiger partial charge on any atom is -0.481 e. The zero-order valence-electron chi connectivity index (χ0n) is 20.1. The van der Waals surface area contributed by atoms with Gasteiger partial charge in [-0.05, 0) is 24.1 Å². The molecule has 0 saturated carbocycles. The predicted molar refractivity (Wildman–Crippen MR) is 130 cm³/mol. The first kappa shape index (κ1) is 26.6. The molecule has 0 radical (unpaired) electrons. The van der Waals surface area contributed by atoms with Crippen LogP contribution in [0.2, 0.25) is 0 Å². The third-order valence-corrected chi connectivity index (χ3v) is 7.56. The molecule has 1 aromatic carbocycles. The van der Waals surface area contributed by atoms with E-state index in [1.165, 1.54) is 0 Å². The van der Waals surface area contributed by atoms with Crippen LogP contribution in [-0.4, -0.2) is 108 Å². The number of amides is 3. The number of thioether (sulfide) groups is 1. The summed E-state index contributed by atoms with van der Waals surface area (Å²) in [5, 5.41) is 11.0. The Labute approximate surface area is 214 Å². The van der Waals surface area contributed by atoms with Gasteiger partial charge in [-0.3, -0.25) is 34.3 Å². The van der Waals surface area contributed by atoms with E-state index in [1.54, 1.807) is 22.7 Å². The molecule has 1 unspecified atom stereocenters. The van der Waals surface area contributed by atoms with E-state index in [4.69, 9.17) is 14.6 Å². The maximum atomic E-state index is 12.9. The quantitative estimate of drug-likeness (QED) is 0.229. The zero-order chi connectivity index (χ0) is 25.5. The minimum absolute atomic E-state index is 0.0198. The summed E-state index contributed by atoms with van der Waals surface area (Å²) < 4.78 is 11.3. The van der Waals surface area contributed by atoms with E-state index in [1.807, 2.05) is 12.1 Å². The van der Waals surface area contributed by atoms with E-state index >= 15 is 0 Å². The van der Waals surface area contributed by atoms with Gasteiger partial charge in [0.05, 0.1) is 33.1 Å². The molecule has 0 bridgehead atoms. The number of carbonyl (C=O) groups excluding carboxylic acids is 3. The molecule has 1 atom stereocenters. The van der Waals surface area contributed by atoms with Gasteiger partial charge in [-0.1, -0.05) is 6.07 Å². The lowest BCUT2D eigenvalue weighted by atomic mass is 10.0. The zero-order valence-corrected chi connectivity index (χ0v) is 21.0. The Hall–Kier alpha value is -2.51. The summed E-state index contributed by atoms with van der Waals surface area (Å²) in [5.41, 5.74) is 1.55. The molecule has 2 fully saturated rings. The number of piperazine rings is 1. The number of carbonyl (C=O) groups is 4. The lowest BCUT2D eigenvalue weighted by Gasteiger charge is -2.34. The number of aliphatic carboxylic acids is 1. The lowest BCUT2D eigenvalue weighted by molar-refractivity contribution is -0.139. The fraction of sp³-hybridized carbons (Fsp3) is 0.583. The maximum absolute atomic E-state index is 12.9. The van der Waals surface area contributed by atoms with Crippen LogP contribution in [0.15, 0.2) is 23.1 Å². The van der Waals surface area contributed by atoms with Gasteiger partial charge >= 0.3 is 5.97 Å². The Morgan fingerprint density at radius 3 is 2.42 bits per heavy atom. The summed E-state index contributed by atoms with van der Waals surface area (Å²) in [6.07, 6.45) is 0.615. The highest BCUT2D eigenvalue weighted by Gasteiger charge is 2.39. The number of hydrogen-bond acceptors (Lipinski definition) is 9. The summed E-state index contributed by atoms with van der Waals surface area (Å²) in [7, 11) is 0. The van der Waals surface area contributed by atoms with Crippen LogP contribution in [0, 0.1) is 0 Å². The molecular weight excluding hydrogens is 488 g/mol. The minimum atomic E-state index is -0.852. The number of benzene rings is 1. The van der Waals surface area contributed by atoms with Gasteiger partial charge in [0.15, 0.2) is 0 Å². The third kappa shape index (κ3) is 6.83. The Kier molecular flexibility index (Phi) is 9.32. The molecular formula is C24H32N4O7S. The van der Waals surface area contributed by atoms with Crippen LogP contribution in [0.1, 0.15) is 35.2 Å². The Bertz CT molecular complexity index is 983. The molecule has 2 saturated heterocycles. The average Bonchev–Trinajstić information content (AvgIpc) is 3.19. The van der Waals surface area contributed by atoms with Crippen molar-refractivity contribution in [2.45, 2.75) is 36.7 Å². The molecule has 1 aromatic rings. The first-order valence-electron chi connectivity index (χ1n) is 12.1. The summed E-state index contributed by atoms with van der Waals surface area (Å²) in [6, 6.07) is 5.03. The number of fused-ring (bicyclic) bond motifs is 1.